The number of aromatic nitrogens is 1. The normalized spacial score (nSPS) is 16.1. The van der Waals surface area contributed by atoms with Gasteiger partial charge in [-0.05, 0) is 43.5 Å². The van der Waals surface area contributed by atoms with Gasteiger partial charge in [0.15, 0.2) is 0 Å². The second-order valence-electron chi connectivity index (χ2n) is 6.06. The van der Waals surface area contributed by atoms with Gasteiger partial charge in [0.1, 0.15) is 5.69 Å². The number of carbonyl (C=O) groups is 1. The number of nitrogens with one attached hydrogen (secondary N) is 1. The third kappa shape index (κ3) is 3.41. The first-order chi connectivity index (χ1) is 11.7. The summed E-state index contributed by atoms with van der Waals surface area (Å²) in [5.41, 5.74) is 3.60. The molecule has 2 heterocycles. The van der Waals surface area contributed by atoms with Gasteiger partial charge in [0.05, 0.1) is 11.9 Å². The first-order valence-electron chi connectivity index (χ1n) is 8.31. The number of hydrogen-bond acceptors (Lipinski definition) is 4. The van der Waals surface area contributed by atoms with E-state index in [2.05, 4.69) is 23.3 Å². The van der Waals surface area contributed by atoms with Crippen molar-refractivity contribution >= 4 is 17.3 Å². The molecular formula is C19H23N3O2. The summed E-state index contributed by atoms with van der Waals surface area (Å²) in [5.74, 6) is -0.0432. The predicted molar refractivity (Wildman–Crippen MR) is 95.6 cm³/mol. The second kappa shape index (κ2) is 7.45. The number of nitrogens with zero attached hydrogens (tertiary/aromatic N) is 2. The van der Waals surface area contributed by atoms with E-state index in [-0.39, 0.29) is 11.9 Å². The van der Waals surface area contributed by atoms with Gasteiger partial charge in [0.25, 0.3) is 5.91 Å². The van der Waals surface area contributed by atoms with Crippen molar-refractivity contribution in [1.82, 2.24) is 4.98 Å². The number of methoxy groups -OCH3 is 1. The van der Waals surface area contributed by atoms with Crippen LogP contribution in [0.15, 0.2) is 42.6 Å². The molecule has 1 aliphatic rings. The Hall–Kier alpha value is -2.40. The molecule has 1 aliphatic heterocycles. The molecule has 3 rings (SSSR count). The van der Waals surface area contributed by atoms with Gasteiger partial charge >= 0.3 is 0 Å². The fourth-order valence-electron chi connectivity index (χ4n) is 3.07. The summed E-state index contributed by atoms with van der Waals surface area (Å²) in [7, 11) is 1.69. The Balaban J connectivity index is 1.69. The van der Waals surface area contributed by atoms with Gasteiger partial charge in [-0.25, -0.2) is 4.98 Å². The van der Waals surface area contributed by atoms with E-state index in [0.29, 0.717) is 5.69 Å². The Kier molecular flexibility index (Phi) is 5.11. The molecule has 1 atom stereocenters. The monoisotopic (exact) mass is 325 g/mol. The first kappa shape index (κ1) is 16.5. The molecule has 0 aliphatic carbocycles. The Morgan fingerprint density at radius 1 is 1.33 bits per heavy atom. The Bertz CT molecular complexity index is 700. The highest BCUT2D eigenvalue weighted by Crippen LogP contribution is 2.32. The summed E-state index contributed by atoms with van der Waals surface area (Å²) in [6.45, 7) is 3.62. The largest absolute Gasteiger partial charge is 0.385 e. The fraction of sp³-hybridized carbons (Fsp3) is 0.368. The first-order valence-corrected chi connectivity index (χ1v) is 8.31. The average Bonchev–Trinajstić information content (AvgIpc) is 2.94. The van der Waals surface area contributed by atoms with Gasteiger partial charge in [-0.2, -0.15) is 0 Å². The predicted octanol–water partition coefficient (Wildman–Crippen LogP) is 3.12. The maximum Gasteiger partial charge on any atom is 0.277 e. The van der Waals surface area contributed by atoms with E-state index in [1.165, 1.54) is 5.56 Å². The van der Waals surface area contributed by atoms with Crippen LogP contribution in [0.4, 0.5) is 11.4 Å². The summed E-state index contributed by atoms with van der Waals surface area (Å²) in [6, 6.07) is 11.9. The highest BCUT2D eigenvalue weighted by atomic mass is 16.5. The minimum absolute atomic E-state index is 0.0432. The molecule has 2 aromatic rings. The summed E-state index contributed by atoms with van der Waals surface area (Å²) < 4.78 is 5.02. The average molecular weight is 325 g/mol. The van der Waals surface area contributed by atoms with Crippen LogP contribution in [0.5, 0.6) is 0 Å². The fourth-order valence-corrected chi connectivity index (χ4v) is 3.07. The van der Waals surface area contributed by atoms with Crippen LogP contribution in [0.2, 0.25) is 0 Å². The summed E-state index contributed by atoms with van der Waals surface area (Å²) in [4.78, 5) is 19.1. The third-order valence-corrected chi connectivity index (χ3v) is 4.26. The number of rotatable bonds is 6. The van der Waals surface area contributed by atoms with Gasteiger partial charge in [-0.1, -0.05) is 18.2 Å². The number of para-hydroxylation sites is 1. The van der Waals surface area contributed by atoms with Crippen molar-refractivity contribution in [2.24, 2.45) is 0 Å². The van der Waals surface area contributed by atoms with E-state index in [9.17, 15) is 4.79 Å². The molecule has 1 unspecified atom stereocenters. The van der Waals surface area contributed by atoms with Gasteiger partial charge in [0.2, 0.25) is 0 Å². The zero-order chi connectivity index (χ0) is 16.9. The van der Waals surface area contributed by atoms with Crippen molar-refractivity contribution < 1.29 is 9.53 Å². The molecule has 0 radical (unpaired) electrons. The molecule has 24 heavy (non-hydrogen) atoms. The molecule has 126 valence electrons. The molecule has 1 N–H and O–H groups in total. The molecule has 0 fully saturated rings. The smallest absolute Gasteiger partial charge is 0.277 e. The number of carbonyl (C=O) groups excluding carboxylic acids is 1. The summed E-state index contributed by atoms with van der Waals surface area (Å²) in [5, 5.41) is 3.27. The number of anilines is 2. The standard InChI is InChI=1S/C19H23N3O2/c1-14-12-15-6-3-4-7-18(15)22(14)19(23)17-9-8-16(13-21-17)20-10-5-11-24-2/h3-4,6-9,13-14,20H,5,10-12H2,1-2H3. The molecule has 5 heteroatoms. The summed E-state index contributed by atoms with van der Waals surface area (Å²) in [6.07, 6.45) is 3.53. The van der Waals surface area contributed by atoms with Crippen molar-refractivity contribution in [1.29, 1.82) is 0 Å². The minimum atomic E-state index is -0.0432. The SMILES string of the molecule is COCCCNc1ccc(C(=O)N2c3ccccc3CC2C)nc1. The number of hydrogen-bond donors (Lipinski definition) is 1. The molecule has 0 bridgehead atoms. The number of pyridine rings is 1. The van der Waals surface area contributed by atoms with Crippen molar-refractivity contribution in [3.05, 3.63) is 53.9 Å². The van der Waals surface area contributed by atoms with Crippen LogP contribution in [0.25, 0.3) is 0 Å². The molecule has 0 spiro atoms. The Morgan fingerprint density at radius 2 is 2.17 bits per heavy atom. The third-order valence-electron chi connectivity index (χ3n) is 4.26. The van der Waals surface area contributed by atoms with E-state index < -0.39 is 0 Å². The van der Waals surface area contributed by atoms with Crippen LogP contribution in [-0.4, -0.2) is 37.2 Å². The lowest BCUT2D eigenvalue weighted by atomic mass is 10.1. The van der Waals surface area contributed by atoms with Gasteiger partial charge in [-0.15, -0.1) is 0 Å². The molecule has 0 saturated carbocycles. The quantitative estimate of drug-likeness (QED) is 0.829. The van der Waals surface area contributed by atoms with Crippen molar-refractivity contribution in [3.8, 4) is 0 Å². The van der Waals surface area contributed by atoms with Crippen LogP contribution in [0, 0.1) is 0 Å². The lowest BCUT2D eigenvalue weighted by Gasteiger charge is -2.22. The van der Waals surface area contributed by atoms with Crippen molar-refractivity contribution in [2.45, 2.75) is 25.8 Å². The van der Waals surface area contributed by atoms with Crippen molar-refractivity contribution in [3.63, 3.8) is 0 Å². The maximum absolute atomic E-state index is 12.9. The zero-order valence-corrected chi connectivity index (χ0v) is 14.2. The number of ether oxygens (including phenoxy) is 1. The van der Waals surface area contributed by atoms with Gasteiger partial charge in [0, 0.05) is 32.0 Å². The van der Waals surface area contributed by atoms with Crippen LogP contribution >= 0.6 is 0 Å². The summed E-state index contributed by atoms with van der Waals surface area (Å²) >= 11 is 0. The molecule has 1 amide bonds. The van der Waals surface area contributed by atoms with Gasteiger partial charge in [-0.3, -0.25) is 4.79 Å². The molecule has 1 aromatic heterocycles. The van der Waals surface area contributed by atoms with Crippen LogP contribution in [0.3, 0.4) is 0 Å². The number of benzene rings is 1. The van der Waals surface area contributed by atoms with E-state index in [4.69, 9.17) is 4.74 Å². The minimum Gasteiger partial charge on any atom is -0.385 e. The molecular weight excluding hydrogens is 302 g/mol. The van der Waals surface area contributed by atoms with E-state index in [1.54, 1.807) is 19.4 Å². The van der Waals surface area contributed by atoms with Crippen LogP contribution in [0.1, 0.15) is 29.4 Å². The number of fused-ring (bicyclic) bond motifs is 1. The zero-order valence-electron chi connectivity index (χ0n) is 14.2. The van der Waals surface area contributed by atoms with Crippen LogP contribution in [-0.2, 0) is 11.2 Å². The van der Waals surface area contributed by atoms with E-state index >= 15 is 0 Å². The molecule has 5 nitrogen and oxygen atoms in total. The lowest BCUT2D eigenvalue weighted by Crippen LogP contribution is -2.36. The van der Waals surface area contributed by atoms with E-state index in [0.717, 1.165) is 37.4 Å². The van der Waals surface area contributed by atoms with Crippen molar-refractivity contribution in [2.75, 3.05) is 30.5 Å². The molecule has 0 saturated heterocycles. The van der Waals surface area contributed by atoms with Gasteiger partial charge < -0.3 is 15.0 Å². The Labute approximate surface area is 142 Å². The second-order valence-corrected chi connectivity index (χ2v) is 6.06. The lowest BCUT2D eigenvalue weighted by molar-refractivity contribution is 0.0976. The highest BCUT2D eigenvalue weighted by molar-refractivity contribution is 6.06. The van der Waals surface area contributed by atoms with Crippen LogP contribution < -0.4 is 10.2 Å². The Morgan fingerprint density at radius 3 is 2.92 bits per heavy atom. The number of amides is 1. The maximum atomic E-state index is 12.9. The highest BCUT2D eigenvalue weighted by Gasteiger charge is 2.31. The molecule has 1 aromatic carbocycles. The van der Waals surface area contributed by atoms with E-state index in [1.807, 2.05) is 29.2 Å². The topological polar surface area (TPSA) is 54.5 Å².